The SMILES string of the molecule is O=C(CCNc1nc(Cl)ncc1[N+](=O)[O-])NC1CC1. The summed E-state index contributed by atoms with van der Waals surface area (Å²) in [6, 6.07) is 0.301. The smallest absolute Gasteiger partial charge is 0.329 e. The summed E-state index contributed by atoms with van der Waals surface area (Å²) in [6.07, 6.45) is 3.29. The van der Waals surface area contributed by atoms with Gasteiger partial charge in [0, 0.05) is 19.0 Å². The molecule has 0 aromatic carbocycles. The average Bonchev–Trinajstić information content (AvgIpc) is 3.12. The van der Waals surface area contributed by atoms with Crippen molar-refractivity contribution in [1.82, 2.24) is 15.3 Å². The highest BCUT2D eigenvalue weighted by atomic mass is 35.5. The molecule has 0 unspecified atom stereocenters. The number of hydrogen-bond acceptors (Lipinski definition) is 6. The van der Waals surface area contributed by atoms with Crippen LogP contribution in [0, 0.1) is 10.1 Å². The van der Waals surface area contributed by atoms with Crippen LogP contribution in [0.4, 0.5) is 11.5 Å². The van der Waals surface area contributed by atoms with Crippen molar-refractivity contribution in [1.29, 1.82) is 0 Å². The van der Waals surface area contributed by atoms with Crippen LogP contribution in [-0.2, 0) is 4.79 Å². The van der Waals surface area contributed by atoms with Gasteiger partial charge in [-0.05, 0) is 24.4 Å². The molecule has 1 aliphatic rings. The number of anilines is 1. The van der Waals surface area contributed by atoms with Crippen molar-refractivity contribution in [3.8, 4) is 0 Å². The second-order valence-electron chi connectivity index (χ2n) is 4.15. The van der Waals surface area contributed by atoms with Gasteiger partial charge in [0.25, 0.3) is 0 Å². The lowest BCUT2D eigenvalue weighted by Gasteiger charge is -2.06. The molecular weight excluding hydrogens is 274 g/mol. The van der Waals surface area contributed by atoms with E-state index in [0.29, 0.717) is 6.04 Å². The molecule has 102 valence electrons. The van der Waals surface area contributed by atoms with E-state index in [-0.39, 0.29) is 35.7 Å². The van der Waals surface area contributed by atoms with E-state index in [1.54, 1.807) is 0 Å². The molecule has 0 spiro atoms. The Bertz CT molecular complexity index is 506. The summed E-state index contributed by atoms with van der Waals surface area (Å²) in [6.45, 7) is 0.243. The topological polar surface area (TPSA) is 110 Å². The third-order valence-electron chi connectivity index (χ3n) is 2.52. The largest absolute Gasteiger partial charge is 0.364 e. The van der Waals surface area contributed by atoms with Gasteiger partial charge in [-0.3, -0.25) is 14.9 Å². The number of nitro groups is 1. The summed E-state index contributed by atoms with van der Waals surface area (Å²) in [5, 5.41) is 16.2. The zero-order valence-electron chi connectivity index (χ0n) is 9.93. The van der Waals surface area contributed by atoms with Crippen molar-refractivity contribution in [3.05, 3.63) is 21.6 Å². The Hall–Kier alpha value is -1.96. The van der Waals surface area contributed by atoms with Crippen molar-refractivity contribution in [3.63, 3.8) is 0 Å². The molecule has 0 bridgehead atoms. The van der Waals surface area contributed by atoms with Crippen LogP contribution < -0.4 is 10.6 Å². The average molecular weight is 286 g/mol. The summed E-state index contributed by atoms with van der Waals surface area (Å²) in [5.74, 6) is -0.0676. The molecule has 0 radical (unpaired) electrons. The Labute approximate surface area is 113 Å². The Morgan fingerprint density at radius 3 is 2.95 bits per heavy atom. The normalized spacial score (nSPS) is 13.9. The molecule has 1 saturated carbocycles. The second kappa shape index (κ2) is 5.79. The highest BCUT2D eigenvalue weighted by Crippen LogP contribution is 2.22. The van der Waals surface area contributed by atoms with Crippen molar-refractivity contribution in [2.75, 3.05) is 11.9 Å². The molecule has 1 aromatic heterocycles. The van der Waals surface area contributed by atoms with E-state index in [2.05, 4.69) is 20.6 Å². The number of amides is 1. The van der Waals surface area contributed by atoms with Gasteiger partial charge in [0.2, 0.25) is 17.0 Å². The molecule has 1 aromatic rings. The van der Waals surface area contributed by atoms with Gasteiger partial charge < -0.3 is 10.6 Å². The van der Waals surface area contributed by atoms with Gasteiger partial charge in [0.15, 0.2) is 0 Å². The number of hydrogen-bond donors (Lipinski definition) is 2. The van der Waals surface area contributed by atoms with Crippen LogP contribution >= 0.6 is 11.6 Å². The minimum Gasteiger partial charge on any atom is -0.364 e. The highest BCUT2D eigenvalue weighted by Gasteiger charge is 2.23. The van der Waals surface area contributed by atoms with Gasteiger partial charge >= 0.3 is 5.69 Å². The lowest BCUT2D eigenvalue weighted by Crippen LogP contribution is -2.27. The van der Waals surface area contributed by atoms with Crippen molar-refractivity contribution in [2.24, 2.45) is 0 Å². The van der Waals surface area contributed by atoms with Gasteiger partial charge in [-0.25, -0.2) is 4.98 Å². The number of rotatable bonds is 6. The van der Waals surface area contributed by atoms with Crippen molar-refractivity contribution < 1.29 is 9.72 Å². The molecule has 2 rings (SSSR count). The zero-order valence-corrected chi connectivity index (χ0v) is 10.7. The predicted molar refractivity (Wildman–Crippen MR) is 68.0 cm³/mol. The molecule has 19 heavy (non-hydrogen) atoms. The number of halogens is 1. The fraction of sp³-hybridized carbons (Fsp3) is 0.500. The fourth-order valence-corrected chi connectivity index (χ4v) is 1.57. The standard InChI is InChI=1S/C10H12ClN5O3/c11-10-13-5-7(16(18)19)9(15-10)12-4-3-8(17)14-6-1-2-6/h5-6H,1-4H2,(H,14,17)(H,12,13,15). The molecule has 8 nitrogen and oxygen atoms in total. The Morgan fingerprint density at radius 2 is 2.32 bits per heavy atom. The minimum atomic E-state index is -0.608. The first kappa shape index (κ1) is 13.5. The molecule has 0 saturated heterocycles. The summed E-state index contributed by atoms with van der Waals surface area (Å²) >= 11 is 5.58. The molecule has 9 heteroatoms. The number of nitrogens with one attached hydrogen (secondary N) is 2. The van der Waals surface area contributed by atoms with E-state index in [1.807, 2.05) is 0 Å². The van der Waals surface area contributed by atoms with E-state index < -0.39 is 4.92 Å². The van der Waals surface area contributed by atoms with Crippen molar-refractivity contribution in [2.45, 2.75) is 25.3 Å². The van der Waals surface area contributed by atoms with Gasteiger partial charge in [-0.2, -0.15) is 4.98 Å². The van der Waals surface area contributed by atoms with Gasteiger partial charge in [0.05, 0.1) is 4.92 Å². The number of carbonyl (C=O) groups is 1. The van der Waals surface area contributed by atoms with E-state index >= 15 is 0 Å². The first-order chi connectivity index (χ1) is 9.06. The van der Waals surface area contributed by atoms with Crippen LogP contribution in [0.5, 0.6) is 0 Å². The quantitative estimate of drug-likeness (QED) is 0.460. The fourth-order valence-electron chi connectivity index (χ4n) is 1.44. The summed E-state index contributed by atoms with van der Waals surface area (Å²) in [4.78, 5) is 28.8. The molecule has 1 fully saturated rings. The van der Waals surface area contributed by atoms with Crippen LogP contribution in [0.3, 0.4) is 0 Å². The van der Waals surface area contributed by atoms with Crippen molar-refractivity contribution >= 4 is 29.0 Å². The van der Waals surface area contributed by atoms with Crippen LogP contribution in [0.1, 0.15) is 19.3 Å². The lowest BCUT2D eigenvalue weighted by molar-refractivity contribution is -0.384. The first-order valence-corrected chi connectivity index (χ1v) is 6.14. The maximum Gasteiger partial charge on any atom is 0.329 e. The molecule has 0 atom stereocenters. The molecule has 0 aliphatic heterocycles. The van der Waals surface area contributed by atoms with Gasteiger partial charge in [-0.15, -0.1) is 0 Å². The van der Waals surface area contributed by atoms with Gasteiger partial charge in [-0.1, -0.05) is 0 Å². The number of nitrogens with zero attached hydrogens (tertiary/aromatic N) is 3. The highest BCUT2D eigenvalue weighted by molar-refractivity contribution is 6.28. The molecule has 1 aliphatic carbocycles. The van der Waals surface area contributed by atoms with E-state index in [0.717, 1.165) is 19.0 Å². The summed E-state index contributed by atoms with van der Waals surface area (Å²) in [7, 11) is 0. The lowest BCUT2D eigenvalue weighted by atomic mass is 10.3. The monoisotopic (exact) mass is 285 g/mol. The molecule has 1 heterocycles. The molecule has 1 amide bonds. The third-order valence-corrected chi connectivity index (χ3v) is 2.71. The molecular formula is C10H12ClN5O3. The second-order valence-corrected chi connectivity index (χ2v) is 4.49. The Morgan fingerprint density at radius 1 is 1.58 bits per heavy atom. The number of aromatic nitrogens is 2. The predicted octanol–water partition coefficient (Wildman–Crippen LogP) is 1.12. The van der Waals surface area contributed by atoms with Crippen LogP contribution in [-0.4, -0.2) is 33.4 Å². The summed E-state index contributed by atoms with van der Waals surface area (Å²) < 4.78 is 0. The Kier molecular flexibility index (Phi) is 4.10. The van der Waals surface area contributed by atoms with E-state index in [4.69, 9.17) is 11.6 Å². The third kappa shape index (κ3) is 4.02. The zero-order chi connectivity index (χ0) is 13.8. The van der Waals surface area contributed by atoms with E-state index in [9.17, 15) is 14.9 Å². The number of carbonyl (C=O) groups excluding carboxylic acids is 1. The maximum atomic E-state index is 11.4. The first-order valence-electron chi connectivity index (χ1n) is 5.76. The van der Waals surface area contributed by atoms with Crippen LogP contribution in [0.25, 0.3) is 0 Å². The summed E-state index contributed by atoms with van der Waals surface area (Å²) in [5.41, 5.74) is -0.271. The van der Waals surface area contributed by atoms with Crippen LogP contribution in [0.15, 0.2) is 6.20 Å². The van der Waals surface area contributed by atoms with Gasteiger partial charge in [0.1, 0.15) is 6.20 Å². The maximum absolute atomic E-state index is 11.4. The minimum absolute atomic E-state index is 0.0178. The molecule has 2 N–H and O–H groups in total. The van der Waals surface area contributed by atoms with E-state index in [1.165, 1.54) is 0 Å². The Balaban J connectivity index is 1.88. The van der Waals surface area contributed by atoms with Crippen LogP contribution in [0.2, 0.25) is 5.28 Å².